The molecular formula is C17H28N4O3. The molecule has 7 nitrogen and oxygen atoms in total. The molecule has 0 spiro atoms. The highest BCUT2D eigenvalue weighted by Gasteiger charge is 2.31. The summed E-state index contributed by atoms with van der Waals surface area (Å²) in [5.74, 6) is 0.891. The Balaban J connectivity index is 1.73. The first-order valence-corrected chi connectivity index (χ1v) is 8.53. The first kappa shape index (κ1) is 18.4. The second-order valence-corrected chi connectivity index (χ2v) is 6.53. The normalized spacial score (nSPS) is 21.0. The molecule has 0 aromatic carbocycles. The van der Waals surface area contributed by atoms with Crippen LogP contribution in [0.5, 0.6) is 0 Å². The minimum absolute atomic E-state index is 0.0400. The van der Waals surface area contributed by atoms with Gasteiger partial charge in [0.25, 0.3) is 0 Å². The smallest absolute Gasteiger partial charge is 0.221 e. The molecule has 0 bridgehead atoms. The van der Waals surface area contributed by atoms with E-state index >= 15 is 0 Å². The number of hydrogen-bond acceptors (Lipinski definition) is 5. The molecule has 1 aliphatic heterocycles. The molecule has 1 aromatic rings. The van der Waals surface area contributed by atoms with Crippen LogP contribution in [-0.2, 0) is 16.0 Å². The molecule has 1 saturated heterocycles. The number of hydrogen-bond donors (Lipinski definition) is 2. The van der Waals surface area contributed by atoms with Gasteiger partial charge in [0.05, 0.1) is 5.69 Å². The number of amides is 2. The molecule has 2 rings (SSSR count). The highest BCUT2D eigenvalue weighted by Crippen LogP contribution is 2.24. The van der Waals surface area contributed by atoms with Gasteiger partial charge in [0, 0.05) is 44.1 Å². The highest BCUT2D eigenvalue weighted by molar-refractivity contribution is 5.76. The van der Waals surface area contributed by atoms with Crippen LogP contribution in [0.2, 0.25) is 0 Å². The van der Waals surface area contributed by atoms with E-state index in [9.17, 15) is 9.59 Å². The van der Waals surface area contributed by atoms with Gasteiger partial charge in [0.2, 0.25) is 11.8 Å². The van der Waals surface area contributed by atoms with Crippen molar-refractivity contribution in [2.75, 3.05) is 20.6 Å². The van der Waals surface area contributed by atoms with E-state index in [0.717, 1.165) is 29.9 Å². The largest absolute Gasteiger partial charge is 0.361 e. The van der Waals surface area contributed by atoms with Gasteiger partial charge < -0.3 is 15.2 Å². The van der Waals surface area contributed by atoms with E-state index in [1.807, 2.05) is 20.9 Å². The molecule has 2 heterocycles. The lowest BCUT2D eigenvalue weighted by Gasteiger charge is -2.25. The summed E-state index contributed by atoms with van der Waals surface area (Å²) < 4.78 is 5.11. The van der Waals surface area contributed by atoms with Crippen molar-refractivity contribution < 1.29 is 14.1 Å². The molecule has 2 N–H and O–H groups in total. The van der Waals surface area contributed by atoms with Gasteiger partial charge in [0.1, 0.15) is 5.76 Å². The third kappa shape index (κ3) is 4.56. The standard InChI is InChI=1S/C17H28N4O3/c1-11-15(12(2)24-20-11)7-8-16(22)19-10-14-6-5-13(21(14)4)9-17(23)18-3/h13-14H,5-10H2,1-4H3,(H,18,23)(H,19,22)/t13-,14+/m1/s1. The van der Waals surface area contributed by atoms with Crippen molar-refractivity contribution in [2.45, 2.75) is 58.0 Å². The zero-order valence-corrected chi connectivity index (χ0v) is 15.0. The highest BCUT2D eigenvalue weighted by atomic mass is 16.5. The van der Waals surface area contributed by atoms with Crippen molar-refractivity contribution in [2.24, 2.45) is 0 Å². The molecule has 0 saturated carbocycles. The SMILES string of the molecule is CNC(=O)C[C@H]1CC[C@@H](CNC(=O)CCc2c(C)noc2C)N1C. The second kappa shape index (κ2) is 8.28. The topological polar surface area (TPSA) is 87.5 Å². The molecule has 24 heavy (non-hydrogen) atoms. The van der Waals surface area contributed by atoms with Crippen molar-refractivity contribution in [3.63, 3.8) is 0 Å². The number of aromatic nitrogens is 1. The van der Waals surface area contributed by atoms with E-state index in [1.165, 1.54) is 0 Å². The third-order valence-corrected chi connectivity index (χ3v) is 5.00. The molecule has 134 valence electrons. The lowest BCUT2D eigenvalue weighted by molar-refractivity contribution is -0.122. The van der Waals surface area contributed by atoms with Gasteiger partial charge >= 0.3 is 0 Å². The zero-order chi connectivity index (χ0) is 17.7. The average molecular weight is 336 g/mol. The number of carbonyl (C=O) groups is 2. The maximum atomic E-state index is 12.1. The van der Waals surface area contributed by atoms with Crippen LogP contribution in [-0.4, -0.2) is 54.6 Å². The zero-order valence-electron chi connectivity index (χ0n) is 15.0. The van der Waals surface area contributed by atoms with Crippen molar-refractivity contribution >= 4 is 11.8 Å². The number of rotatable bonds is 7. The van der Waals surface area contributed by atoms with Crippen molar-refractivity contribution in [1.29, 1.82) is 0 Å². The van der Waals surface area contributed by atoms with Crippen LogP contribution in [0.15, 0.2) is 4.52 Å². The monoisotopic (exact) mass is 336 g/mol. The lowest BCUT2D eigenvalue weighted by Crippen LogP contribution is -2.42. The Hall–Kier alpha value is -1.89. The summed E-state index contributed by atoms with van der Waals surface area (Å²) >= 11 is 0. The summed E-state index contributed by atoms with van der Waals surface area (Å²) in [5, 5.41) is 9.59. The van der Waals surface area contributed by atoms with Crippen molar-refractivity contribution in [1.82, 2.24) is 20.7 Å². The molecule has 2 amide bonds. The molecule has 0 radical (unpaired) electrons. The Bertz CT molecular complexity index is 565. The van der Waals surface area contributed by atoms with Crippen LogP contribution < -0.4 is 10.6 Å². The predicted molar refractivity (Wildman–Crippen MR) is 90.6 cm³/mol. The molecule has 0 aliphatic carbocycles. The molecule has 7 heteroatoms. The van der Waals surface area contributed by atoms with E-state index in [4.69, 9.17) is 4.52 Å². The molecular weight excluding hydrogens is 308 g/mol. The number of nitrogens with one attached hydrogen (secondary N) is 2. The molecule has 1 fully saturated rings. The van der Waals surface area contributed by atoms with Gasteiger partial charge in [-0.25, -0.2) is 0 Å². The average Bonchev–Trinajstić information content (AvgIpc) is 3.06. The molecule has 2 atom stereocenters. The molecule has 0 unspecified atom stereocenters. The predicted octanol–water partition coefficient (Wildman–Crippen LogP) is 0.939. The minimum Gasteiger partial charge on any atom is -0.361 e. The Morgan fingerprint density at radius 3 is 2.58 bits per heavy atom. The van der Waals surface area contributed by atoms with Gasteiger partial charge in [-0.15, -0.1) is 0 Å². The number of likely N-dealkylation sites (N-methyl/N-ethyl adjacent to an activating group) is 1. The summed E-state index contributed by atoms with van der Waals surface area (Å²) in [5.41, 5.74) is 1.88. The summed E-state index contributed by atoms with van der Waals surface area (Å²) in [7, 11) is 3.69. The van der Waals surface area contributed by atoms with Crippen molar-refractivity contribution in [3.05, 3.63) is 17.0 Å². The fourth-order valence-electron chi connectivity index (χ4n) is 3.32. The second-order valence-electron chi connectivity index (χ2n) is 6.53. The molecule has 1 aromatic heterocycles. The van der Waals surface area contributed by atoms with Crippen LogP contribution in [0.3, 0.4) is 0 Å². The fourth-order valence-corrected chi connectivity index (χ4v) is 3.32. The van der Waals surface area contributed by atoms with Crippen LogP contribution >= 0.6 is 0 Å². The Labute approximate surface area is 143 Å². The van der Waals surface area contributed by atoms with Crippen LogP contribution in [0.1, 0.15) is 42.7 Å². The summed E-state index contributed by atoms with van der Waals surface area (Å²) in [6.07, 6.45) is 3.59. The van der Waals surface area contributed by atoms with Gasteiger partial charge in [-0.05, 0) is 40.2 Å². The van der Waals surface area contributed by atoms with E-state index in [1.54, 1.807) is 7.05 Å². The van der Waals surface area contributed by atoms with Crippen LogP contribution in [0, 0.1) is 13.8 Å². The van der Waals surface area contributed by atoms with Crippen LogP contribution in [0.25, 0.3) is 0 Å². The van der Waals surface area contributed by atoms with Crippen molar-refractivity contribution in [3.8, 4) is 0 Å². The Kier molecular flexibility index (Phi) is 6.36. The minimum atomic E-state index is 0.0400. The Morgan fingerprint density at radius 2 is 1.96 bits per heavy atom. The van der Waals surface area contributed by atoms with E-state index < -0.39 is 0 Å². The Morgan fingerprint density at radius 1 is 1.25 bits per heavy atom. The first-order chi connectivity index (χ1) is 11.4. The lowest BCUT2D eigenvalue weighted by atomic mass is 10.1. The summed E-state index contributed by atoms with van der Waals surface area (Å²) in [4.78, 5) is 25.8. The number of carbonyl (C=O) groups excluding carboxylic acids is 2. The summed E-state index contributed by atoms with van der Waals surface area (Å²) in [6, 6.07) is 0.553. The number of likely N-dealkylation sites (tertiary alicyclic amines) is 1. The first-order valence-electron chi connectivity index (χ1n) is 8.53. The van der Waals surface area contributed by atoms with E-state index in [-0.39, 0.29) is 17.9 Å². The van der Waals surface area contributed by atoms with Gasteiger partial charge in [0.15, 0.2) is 0 Å². The van der Waals surface area contributed by atoms with Gasteiger partial charge in [-0.3, -0.25) is 14.5 Å². The number of nitrogens with zero attached hydrogens (tertiary/aromatic N) is 2. The number of aryl methyl sites for hydroxylation is 2. The maximum absolute atomic E-state index is 12.1. The third-order valence-electron chi connectivity index (χ3n) is 5.00. The van der Waals surface area contributed by atoms with E-state index in [0.29, 0.717) is 31.8 Å². The summed E-state index contributed by atoms with van der Waals surface area (Å²) in [6.45, 7) is 4.39. The van der Waals surface area contributed by atoms with Gasteiger partial charge in [-0.2, -0.15) is 0 Å². The quantitative estimate of drug-likeness (QED) is 0.774. The van der Waals surface area contributed by atoms with E-state index in [2.05, 4.69) is 20.7 Å². The van der Waals surface area contributed by atoms with Crippen LogP contribution in [0.4, 0.5) is 0 Å². The maximum Gasteiger partial charge on any atom is 0.221 e. The van der Waals surface area contributed by atoms with Gasteiger partial charge in [-0.1, -0.05) is 5.16 Å². The molecule has 1 aliphatic rings. The fraction of sp³-hybridized carbons (Fsp3) is 0.706.